The van der Waals surface area contributed by atoms with Crippen LogP contribution in [0.1, 0.15) is 12.8 Å². The molecule has 0 amide bonds. The first-order chi connectivity index (χ1) is 8.74. The topological polar surface area (TPSA) is 24.5 Å². The van der Waals surface area contributed by atoms with Gasteiger partial charge in [-0.25, -0.2) is 0 Å². The Morgan fingerprint density at radius 2 is 2.06 bits per heavy atom. The Balaban J connectivity index is 1.74. The maximum atomic E-state index is 5.31. The Hall–Kier alpha value is -0.740. The zero-order chi connectivity index (χ0) is 12.5. The number of methoxy groups -OCH3 is 1. The van der Waals surface area contributed by atoms with Gasteiger partial charge in [0.25, 0.3) is 0 Å². The van der Waals surface area contributed by atoms with E-state index in [0.717, 1.165) is 21.8 Å². The predicted molar refractivity (Wildman–Crippen MR) is 77.3 cm³/mol. The normalized spacial score (nSPS) is 30.2. The Bertz CT molecular complexity index is 430. The van der Waals surface area contributed by atoms with Crippen LogP contribution < -0.4 is 10.1 Å². The lowest BCUT2D eigenvalue weighted by molar-refractivity contribution is 0.0975. The number of piperidine rings is 3. The van der Waals surface area contributed by atoms with E-state index >= 15 is 0 Å². The lowest BCUT2D eigenvalue weighted by Crippen LogP contribution is -2.53. The molecule has 3 heterocycles. The average molecular weight is 311 g/mol. The van der Waals surface area contributed by atoms with E-state index in [2.05, 4.69) is 38.3 Å². The maximum Gasteiger partial charge on any atom is 0.122 e. The summed E-state index contributed by atoms with van der Waals surface area (Å²) in [5.74, 6) is 1.73. The van der Waals surface area contributed by atoms with Crippen LogP contribution in [0.15, 0.2) is 22.7 Å². The molecule has 18 heavy (non-hydrogen) atoms. The highest BCUT2D eigenvalue weighted by molar-refractivity contribution is 9.10. The molecular formula is C14H19BrN2O. The van der Waals surface area contributed by atoms with Crippen LogP contribution in [0, 0.1) is 5.92 Å². The zero-order valence-electron chi connectivity index (χ0n) is 10.7. The zero-order valence-corrected chi connectivity index (χ0v) is 12.2. The molecule has 3 nitrogen and oxygen atoms in total. The van der Waals surface area contributed by atoms with Crippen molar-refractivity contribution in [3.63, 3.8) is 0 Å². The van der Waals surface area contributed by atoms with Gasteiger partial charge in [0.15, 0.2) is 0 Å². The molecule has 1 aromatic rings. The Kier molecular flexibility index (Phi) is 3.48. The summed E-state index contributed by atoms with van der Waals surface area (Å²) in [7, 11) is 1.71. The first-order valence-corrected chi connectivity index (χ1v) is 7.37. The molecule has 1 unspecified atom stereocenters. The highest BCUT2D eigenvalue weighted by Gasteiger charge is 2.33. The van der Waals surface area contributed by atoms with Crippen molar-refractivity contribution in [3.05, 3.63) is 22.7 Å². The minimum absolute atomic E-state index is 0.589. The first kappa shape index (κ1) is 12.3. The van der Waals surface area contributed by atoms with Crippen LogP contribution in [0.3, 0.4) is 0 Å². The van der Waals surface area contributed by atoms with Crippen molar-refractivity contribution in [1.29, 1.82) is 0 Å². The number of nitrogens with one attached hydrogen (secondary N) is 1. The predicted octanol–water partition coefficient (Wildman–Crippen LogP) is 2.96. The average Bonchev–Trinajstić information content (AvgIpc) is 2.39. The Morgan fingerprint density at radius 1 is 1.28 bits per heavy atom. The third-order valence-electron chi connectivity index (χ3n) is 4.12. The van der Waals surface area contributed by atoms with Crippen molar-refractivity contribution in [2.75, 3.05) is 32.1 Å². The van der Waals surface area contributed by atoms with Gasteiger partial charge in [0.05, 0.1) is 7.11 Å². The molecule has 1 atom stereocenters. The van der Waals surface area contributed by atoms with Gasteiger partial charge in [0.1, 0.15) is 5.75 Å². The first-order valence-electron chi connectivity index (χ1n) is 6.58. The molecule has 98 valence electrons. The number of hydrogen-bond donors (Lipinski definition) is 1. The van der Waals surface area contributed by atoms with E-state index in [9.17, 15) is 0 Å². The molecule has 1 aromatic carbocycles. The number of rotatable bonds is 3. The molecule has 0 saturated carbocycles. The molecule has 2 bridgehead atoms. The van der Waals surface area contributed by atoms with Gasteiger partial charge in [0, 0.05) is 28.8 Å². The number of benzene rings is 1. The Morgan fingerprint density at radius 3 is 2.67 bits per heavy atom. The smallest absolute Gasteiger partial charge is 0.122 e. The second-order valence-corrected chi connectivity index (χ2v) is 6.18. The van der Waals surface area contributed by atoms with Crippen LogP contribution in [0.2, 0.25) is 0 Å². The van der Waals surface area contributed by atoms with Crippen LogP contribution in [-0.2, 0) is 0 Å². The molecule has 3 saturated heterocycles. The molecular weight excluding hydrogens is 292 g/mol. The van der Waals surface area contributed by atoms with E-state index < -0.39 is 0 Å². The van der Waals surface area contributed by atoms with E-state index in [4.69, 9.17) is 4.74 Å². The number of halogens is 1. The summed E-state index contributed by atoms with van der Waals surface area (Å²) in [6.07, 6.45) is 2.67. The van der Waals surface area contributed by atoms with E-state index in [-0.39, 0.29) is 0 Å². The van der Waals surface area contributed by atoms with Gasteiger partial charge in [-0.2, -0.15) is 0 Å². The second-order valence-electron chi connectivity index (χ2n) is 5.27. The van der Waals surface area contributed by atoms with E-state index in [0.29, 0.717) is 6.04 Å². The number of nitrogens with zero attached hydrogens (tertiary/aromatic N) is 1. The van der Waals surface area contributed by atoms with Gasteiger partial charge in [-0.15, -0.1) is 0 Å². The quantitative estimate of drug-likeness (QED) is 0.929. The van der Waals surface area contributed by atoms with Gasteiger partial charge in [0.2, 0.25) is 0 Å². The van der Waals surface area contributed by atoms with Crippen LogP contribution >= 0.6 is 15.9 Å². The number of hydrogen-bond acceptors (Lipinski definition) is 3. The molecule has 0 spiro atoms. The van der Waals surface area contributed by atoms with Crippen molar-refractivity contribution in [1.82, 2.24) is 4.90 Å². The fraction of sp³-hybridized carbons (Fsp3) is 0.571. The van der Waals surface area contributed by atoms with Crippen LogP contribution in [0.25, 0.3) is 0 Å². The monoisotopic (exact) mass is 310 g/mol. The molecule has 3 aliphatic heterocycles. The number of fused-ring (bicyclic) bond motifs is 3. The summed E-state index contributed by atoms with van der Waals surface area (Å²) in [5.41, 5.74) is 1.15. The lowest BCUT2D eigenvalue weighted by Gasteiger charge is -2.45. The maximum absolute atomic E-state index is 5.31. The molecule has 0 aliphatic carbocycles. The largest absolute Gasteiger partial charge is 0.497 e. The van der Waals surface area contributed by atoms with Gasteiger partial charge >= 0.3 is 0 Å². The molecule has 4 heteroatoms. The lowest BCUT2D eigenvalue weighted by atomic mass is 9.84. The van der Waals surface area contributed by atoms with Crippen molar-refractivity contribution in [2.45, 2.75) is 18.9 Å². The van der Waals surface area contributed by atoms with Crippen molar-refractivity contribution in [2.24, 2.45) is 5.92 Å². The summed E-state index contributed by atoms with van der Waals surface area (Å²) < 4.78 is 6.37. The summed E-state index contributed by atoms with van der Waals surface area (Å²) in [6, 6.07) is 6.77. The molecule has 4 rings (SSSR count). The summed E-state index contributed by atoms with van der Waals surface area (Å²) in [5, 5.41) is 3.68. The summed E-state index contributed by atoms with van der Waals surface area (Å²) in [6.45, 7) is 3.74. The minimum atomic E-state index is 0.589. The molecule has 0 aromatic heterocycles. The van der Waals surface area contributed by atoms with E-state index in [1.165, 1.54) is 32.5 Å². The van der Waals surface area contributed by atoms with E-state index in [1.807, 2.05) is 6.07 Å². The van der Waals surface area contributed by atoms with Crippen LogP contribution in [-0.4, -0.2) is 37.7 Å². The third-order valence-corrected chi connectivity index (χ3v) is 4.57. The Labute approximate surface area is 117 Å². The van der Waals surface area contributed by atoms with Crippen molar-refractivity contribution < 1.29 is 4.74 Å². The summed E-state index contributed by atoms with van der Waals surface area (Å²) >= 11 is 3.53. The minimum Gasteiger partial charge on any atom is -0.497 e. The van der Waals surface area contributed by atoms with Gasteiger partial charge in [-0.3, -0.25) is 0 Å². The fourth-order valence-corrected chi connectivity index (χ4v) is 3.58. The number of ether oxygens (including phenoxy) is 1. The highest BCUT2D eigenvalue weighted by Crippen LogP contribution is 2.31. The van der Waals surface area contributed by atoms with Crippen LogP contribution in [0.4, 0.5) is 5.69 Å². The van der Waals surface area contributed by atoms with Gasteiger partial charge in [-0.1, -0.05) is 15.9 Å². The van der Waals surface area contributed by atoms with Crippen molar-refractivity contribution >= 4 is 21.6 Å². The highest BCUT2D eigenvalue weighted by atomic mass is 79.9. The molecule has 3 aliphatic rings. The molecule has 3 fully saturated rings. The van der Waals surface area contributed by atoms with Gasteiger partial charge < -0.3 is 15.0 Å². The van der Waals surface area contributed by atoms with Gasteiger partial charge in [-0.05, 0) is 44.0 Å². The third kappa shape index (κ3) is 2.50. The summed E-state index contributed by atoms with van der Waals surface area (Å²) in [4.78, 5) is 2.56. The molecule has 0 radical (unpaired) electrons. The fourth-order valence-electron chi connectivity index (χ4n) is 3.11. The standard InChI is InChI=1S/C14H19BrN2O/c1-18-13-7-11(15)6-12(8-13)16-14-9-17-4-2-10(14)3-5-17/h6-8,10,14,16H,2-5,9H2,1H3. The van der Waals surface area contributed by atoms with Crippen LogP contribution in [0.5, 0.6) is 5.75 Å². The molecule has 1 N–H and O–H groups in total. The number of anilines is 1. The second kappa shape index (κ2) is 5.10. The van der Waals surface area contributed by atoms with E-state index in [1.54, 1.807) is 7.11 Å². The van der Waals surface area contributed by atoms with Crippen molar-refractivity contribution in [3.8, 4) is 5.75 Å². The SMILES string of the molecule is COc1cc(Br)cc(NC2CN3CCC2CC3)c1.